The number of carbonyl (C=O) groups excluding carboxylic acids is 1. The lowest BCUT2D eigenvalue weighted by Gasteiger charge is -2.06. The van der Waals surface area contributed by atoms with Gasteiger partial charge >= 0.3 is 0 Å². The first kappa shape index (κ1) is 11.3. The second-order valence-corrected chi connectivity index (χ2v) is 5.85. The monoisotopic (exact) mass is 294 g/mol. The van der Waals surface area contributed by atoms with E-state index in [1.807, 2.05) is 18.2 Å². The van der Waals surface area contributed by atoms with E-state index in [-0.39, 0.29) is 0 Å². The third-order valence-corrected chi connectivity index (χ3v) is 4.77. The van der Waals surface area contributed by atoms with Crippen molar-refractivity contribution in [2.45, 2.75) is 19.3 Å². The zero-order chi connectivity index (χ0) is 12.0. The summed E-state index contributed by atoms with van der Waals surface area (Å²) in [6, 6.07) is 5.62. The number of methoxy groups -OCH3 is 1. The first-order valence-electron chi connectivity index (χ1n) is 6.10. The summed E-state index contributed by atoms with van der Waals surface area (Å²) in [6.07, 6.45) is 3.81. The lowest BCUT2D eigenvalue weighted by molar-refractivity contribution is 0.0951. The van der Waals surface area contributed by atoms with Gasteiger partial charge in [0, 0.05) is 11.5 Å². The Labute approximate surface area is 109 Å². The van der Waals surface area contributed by atoms with Gasteiger partial charge in [0.25, 0.3) is 0 Å². The Morgan fingerprint density at radius 3 is 2.65 bits per heavy atom. The highest BCUT2D eigenvalue weighted by molar-refractivity contribution is 9.10. The molecule has 1 aromatic rings. The SMILES string of the molecule is COc1ccc(C(=O)C2C3CCCC32)cc1Br. The summed E-state index contributed by atoms with van der Waals surface area (Å²) in [5.74, 6) is 2.77. The molecule has 0 spiro atoms. The highest BCUT2D eigenvalue weighted by atomic mass is 79.9. The van der Waals surface area contributed by atoms with E-state index in [0.29, 0.717) is 23.5 Å². The minimum atomic E-state index is 0.309. The quantitative estimate of drug-likeness (QED) is 0.795. The van der Waals surface area contributed by atoms with Gasteiger partial charge in [-0.3, -0.25) is 4.79 Å². The standard InChI is InChI=1S/C14H15BrO2/c1-17-12-6-5-8(7-11(12)15)14(16)13-9-3-2-4-10(9)13/h5-7,9-10,13H,2-4H2,1H3. The third-order valence-electron chi connectivity index (χ3n) is 4.15. The summed E-state index contributed by atoms with van der Waals surface area (Å²) in [4.78, 5) is 12.3. The van der Waals surface area contributed by atoms with Crippen molar-refractivity contribution in [1.82, 2.24) is 0 Å². The largest absolute Gasteiger partial charge is 0.496 e. The molecule has 2 aliphatic rings. The van der Waals surface area contributed by atoms with Gasteiger partial charge in [-0.15, -0.1) is 0 Å². The number of fused-ring (bicyclic) bond motifs is 1. The van der Waals surface area contributed by atoms with Crippen molar-refractivity contribution < 1.29 is 9.53 Å². The molecule has 17 heavy (non-hydrogen) atoms. The fraction of sp³-hybridized carbons (Fsp3) is 0.500. The Kier molecular flexibility index (Phi) is 2.74. The van der Waals surface area contributed by atoms with Crippen LogP contribution >= 0.6 is 15.9 Å². The zero-order valence-electron chi connectivity index (χ0n) is 9.78. The van der Waals surface area contributed by atoms with Crippen LogP contribution in [0.25, 0.3) is 0 Å². The Morgan fingerprint density at radius 1 is 1.35 bits per heavy atom. The fourth-order valence-corrected chi connectivity index (χ4v) is 3.76. The highest BCUT2D eigenvalue weighted by Crippen LogP contribution is 2.58. The van der Waals surface area contributed by atoms with Crippen LogP contribution < -0.4 is 4.74 Å². The van der Waals surface area contributed by atoms with Crippen molar-refractivity contribution in [1.29, 1.82) is 0 Å². The smallest absolute Gasteiger partial charge is 0.166 e. The van der Waals surface area contributed by atoms with Gasteiger partial charge in [-0.05, 0) is 58.8 Å². The predicted molar refractivity (Wildman–Crippen MR) is 69.3 cm³/mol. The minimum absolute atomic E-state index is 0.309. The van der Waals surface area contributed by atoms with Gasteiger partial charge in [0.15, 0.2) is 5.78 Å². The maximum atomic E-state index is 12.3. The molecule has 0 heterocycles. The summed E-state index contributed by atoms with van der Waals surface area (Å²) in [5.41, 5.74) is 0.817. The highest BCUT2D eigenvalue weighted by Gasteiger charge is 2.56. The average Bonchev–Trinajstić information content (AvgIpc) is 2.81. The van der Waals surface area contributed by atoms with Crippen LogP contribution in [0.4, 0.5) is 0 Å². The molecule has 90 valence electrons. The molecule has 2 aliphatic carbocycles. The van der Waals surface area contributed by atoms with Gasteiger partial charge in [-0.25, -0.2) is 0 Å². The van der Waals surface area contributed by atoms with E-state index in [0.717, 1.165) is 15.8 Å². The number of Topliss-reactive ketones (excluding diaryl/α,β-unsaturated/α-hetero) is 1. The van der Waals surface area contributed by atoms with Crippen molar-refractivity contribution in [2.24, 2.45) is 17.8 Å². The van der Waals surface area contributed by atoms with E-state index in [4.69, 9.17) is 4.74 Å². The molecule has 0 aliphatic heterocycles. The number of benzene rings is 1. The van der Waals surface area contributed by atoms with Gasteiger partial charge in [0.2, 0.25) is 0 Å². The van der Waals surface area contributed by atoms with Crippen LogP contribution in [0.3, 0.4) is 0 Å². The molecular weight excluding hydrogens is 280 g/mol. The van der Waals surface area contributed by atoms with Gasteiger partial charge in [0.05, 0.1) is 11.6 Å². The number of hydrogen-bond donors (Lipinski definition) is 0. The van der Waals surface area contributed by atoms with E-state index in [1.54, 1.807) is 7.11 Å². The van der Waals surface area contributed by atoms with Crippen molar-refractivity contribution >= 4 is 21.7 Å². The minimum Gasteiger partial charge on any atom is -0.496 e. The molecule has 2 nitrogen and oxygen atoms in total. The molecule has 0 saturated heterocycles. The molecule has 0 bridgehead atoms. The Balaban J connectivity index is 1.80. The van der Waals surface area contributed by atoms with E-state index < -0.39 is 0 Å². The molecule has 2 fully saturated rings. The maximum Gasteiger partial charge on any atom is 0.166 e. The van der Waals surface area contributed by atoms with Crippen molar-refractivity contribution in [3.8, 4) is 5.75 Å². The summed E-state index contributed by atoms with van der Waals surface area (Å²) in [6.45, 7) is 0. The van der Waals surface area contributed by atoms with Gasteiger partial charge in [-0.2, -0.15) is 0 Å². The molecule has 1 aromatic carbocycles. The Hall–Kier alpha value is -0.830. The molecule has 0 radical (unpaired) electrons. The summed E-state index contributed by atoms with van der Waals surface area (Å²) >= 11 is 3.43. The molecule has 0 N–H and O–H groups in total. The van der Waals surface area contributed by atoms with E-state index >= 15 is 0 Å². The van der Waals surface area contributed by atoms with Crippen molar-refractivity contribution in [3.63, 3.8) is 0 Å². The number of hydrogen-bond acceptors (Lipinski definition) is 2. The molecule has 2 saturated carbocycles. The molecule has 0 aromatic heterocycles. The van der Waals surface area contributed by atoms with Gasteiger partial charge in [-0.1, -0.05) is 6.42 Å². The summed E-state index contributed by atoms with van der Waals surface area (Å²) in [7, 11) is 1.63. The third kappa shape index (κ3) is 1.81. The first-order chi connectivity index (χ1) is 8.22. The zero-order valence-corrected chi connectivity index (χ0v) is 11.4. The van der Waals surface area contributed by atoms with Gasteiger partial charge in [0.1, 0.15) is 5.75 Å². The molecule has 2 unspecified atom stereocenters. The van der Waals surface area contributed by atoms with Crippen LogP contribution in [0.5, 0.6) is 5.75 Å². The second-order valence-electron chi connectivity index (χ2n) is 5.00. The van der Waals surface area contributed by atoms with Crippen molar-refractivity contribution in [2.75, 3.05) is 7.11 Å². The van der Waals surface area contributed by atoms with E-state index in [9.17, 15) is 4.79 Å². The average molecular weight is 295 g/mol. The molecular formula is C14H15BrO2. The Morgan fingerprint density at radius 2 is 2.06 bits per heavy atom. The van der Waals surface area contributed by atoms with Gasteiger partial charge < -0.3 is 4.74 Å². The lowest BCUT2D eigenvalue weighted by Crippen LogP contribution is -2.06. The number of rotatable bonds is 3. The maximum absolute atomic E-state index is 12.3. The van der Waals surface area contributed by atoms with E-state index in [2.05, 4.69) is 15.9 Å². The molecule has 2 atom stereocenters. The van der Waals surface area contributed by atoms with Crippen molar-refractivity contribution in [3.05, 3.63) is 28.2 Å². The molecule has 3 heteroatoms. The first-order valence-corrected chi connectivity index (χ1v) is 6.89. The number of ether oxygens (including phenoxy) is 1. The number of carbonyl (C=O) groups is 1. The molecule has 3 rings (SSSR count). The Bertz CT molecular complexity index is 459. The fourth-order valence-electron chi connectivity index (χ4n) is 3.22. The van der Waals surface area contributed by atoms with E-state index in [1.165, 1.54) is 19.3 Å². The van der Waals surface area contributed by atoms with Crippen LogP contribution in [0.15, 0.2) is 22.7 Å². The van der Waals surface area contributed by atoms with Crippen LogP contribution in [-0.2, 0) is 0 Å². The normalized spacial score (nSPS) is 29.9. The summed E-state index contributed by atoms with van der Waals surface area (Å²) in [5, 5.41) is 0. The van der Waals surface area contributed by atoms with Crippen LogP contribution in [0.2, 0.25) is 0 Å². The number of halogens is 1. The lowest BCUT2D eigenvalue weighted by atomic mass is 10.0. The van der Waals surface area contributed by atoms with Crippen LogP contribution in [0.1, 0.15) is 29.6 Å². The van der Waals surface area contributed by atoms with Crippen LogP contribution in [0, 0.1) is 17.8 Å². The summed E-state index contributed by atoms with van der Waals surface area (Å²) < 4.78 is 6.03. The van der Waals surface area contributed by atoms with Crippen LogP contribution in [-0.4, -0.2) is 12.9 Å². The molecule has 0 amide bonds. The topological polar surface area (TPSA) is 26.3 Å². The number of ketones is 1. The predicted octanol–water partition coefficient (Wildman–Crippen LogP) is 3.69. The second kappa shape index (κ2) is 4.13.